The molecule has 1 aromatic carbocycles. The van der Waals surface area contributed by atoms with Crippen LogP contribution in [0.5, 0.6) is 0 Å². The number of ether oxygens (including phenoxy) is 1. The van der Waals surface area contributed by atoms with Gasteiger partial charge in [-0.1, -0.05) is 30.3 Å². The molecule has 0 unspecified atom stereocenters. The Morgan fingerprint density at radius 1 is 1.31 bits per heavy atom. The van der Waals surface area contributed by atoms with Crippen LogP contribution < -0.4 is 0 Å². The lowest BCUT2D eigenvalue weighted by Gasteiger charge is -2.34. The van der Waals surface area contributed by atoms with Gasteiger partial charge in [0.2, 0.25) is 0 Å². The Morgan fingerprint density at radius 2 is 2.00 bits per heavy atom. The van der Waals surface area contributed by atoms with Crippen LogP contribution in [0.3, 0.4) is 0 Å². The van der Waals surface area contributed by atoms with Crippen molar-refractivity contribution in [2.24, 2.45) is 0 Å². The van der Waals surface area contributed by atoms with Gasteiger partial charge in [-0.15, -0.1) is 0 Å². The summed E-state index contributed by atoms with van der Waals surface area (Å²) in [5.41, 5.74) is 1.16. The second kappa shape index (κ2) is 4.66. The summed E-state index contributed by atoms with van der Waals surface area (Å²) < 4.78 is 5.48. The van der Waals surface area contributed by atoms with Gasteiger partial charge in [-0.3, -0.25) is 4.79 Å². The number of carbonyl (C=O) groups is 1. The Labute approximate surface area is 96.0 Å². The molecule has 1 fully saturated rings. The third-order valence-corrected chi connectivity index (χ3v) is 2.79. The van der Waals surface area contributed by atoms with Crippen molar-refractivity contribution >= 4 is 5.91 Å². The molecule has 0 bridgehead atoms. The highest BCUT2D eigenvalue weighted by Crippen LogP contribution is 2.15. The smallest absolute Gasteiger partial charge is 0.251 e. The van der Waals surface area contributed by atoms with Gasteiger partial charge in [-0.25, -0.2) is 0 Å². The first kappa shape index (κ1) is 11.1. The molecule has 2 rings (SSSR count). The molecule has 16 heavy (non-hydrogen) atoms. The largest absolute Gasteiger partial charge is 0.364 e. The molecule has 0 aliphatic carbocycles. The van der Waals surface area contributed by atoms with Crippen LogP contribution in [0.15, 0.2) is 30.3 Å². The molecule has 3 nitrogen and oxygen atoms in total. The minimum absolute atomic E-state index is 0.0851. The summed E-state index contributed by atoms with van der Waals surface area (Å²) in [7, 11) is 0. The zero-order chi connectivity index (χ0) is 11.5. The van der Waals surface area contributed by atoms with Gasteiger partial charge in [-0.2, -0.15) is 0 Å². The average Bonchev–Trinajstić information content (AvgIpc) is 2.27. The van der Waals surface area contributed by atoms with E-state index in [-0.39, 0.29) is 18.1 Å². The van der Waals surface area contributed by atoms with Crippen molar-refractivity contribution in [3.63, 3.8) is 0 Å². The third-order valence-electron chi connectivity index (χ3n) is 2.79. The summed E-state index contributed by atoms with van der Waals surface area (Å²) in [4.78, 5) is 13.7. The molecular weight excluding hydrogens is 202 g/mol. The van der Waals surface area contributed by atoms with E-state index in [0.29, 0.717) is 13.1 Å². The number of amides is 1. The van der Waals surface area contributed by atoms with Gasteiger partial charge in [-0.05, 0) is 19.4 Å². The van der Waals surface area contributed by atoms with Gasteiger partial charge in [0.05, 0.1) is 6.10 Å². The van der Waals surface area contributed by atoms with Crippen LogP contribution in [-0.4, -0.2) is 29.6 Å². The summed E-state index contributed by atoms with van der Waals surface area (Å²) in [5, 5.41) is 0. The lowest BCUT2D eigenvalue weighted by molar-refractivity contribution is -0.159. The van der Waals surface area contributed by atoms with Crippen molar-refractivity contribution in [1.82, 2.24) is 4.90 Å². The second-order valence-corrected chi connectivity index (χ2v) is 4.29. The fraction of sp³-hybridized carbons (Fsp3) is 0.462. The fourth-order valence-corrected chi connectivity index (χ4v) is 2.05. The average molecular weight is 219 g/mol. The van der Waals surface area contributed by atoms with E-state index >= 15 is 0 Å². The van der Waals surface area contributed by atoms with Gasteiger partial charge in [0.25, 0.3) is 5.91 Å². The normalized spacial score (nSPS) is 25.9. The Balaban J connectivity index is 2.06. The first-order valence-corrected chi connectivity index (χ1v) is 5.65. The van der Waals surface area contributed by atoms with Crippen molar-refractivity contribution in [3.05, 3.63) is 35.9 Å². The monoisotopic (exact) mass is 219 g/mol. The number of benzene rings is 1. The van der Waals surface area contributed by atoms with E-state index in [2.05, 4.69) is 0 Å². The van der Waals surface area contributed by atoms with Crippen molar-refractivity contribution in [3.8, 4) is 0 Å². The maximum Gasteiger partial charge on any atom is 0.251 e. The Bertz CT molecular complexity index is 363. The highest BCUT2D eigenvalue weighted by Gasteiger charge is 2.29. The molecule has 1 saturated heterocycles. The SMILES string of the molecule is C[C@H]1CN(Cc2ccccc2)C(=O)[C@@H](C)O1. The Kier molecular flexibility index (Phi) is 3.25. The van der Waals surface area contributed by atoms with Gasteiger partial charge < -0.3 is 9.64 Å². The van der Waals surface area contributed by atoms with Crippen LogP contribution in [0.1, 0.15) is 19.4 Å². The molecule has 1 amide bonds. The summed E-state index contributed by atoms with van der Waals surface area (Å²) in [6, 6.07) is 10.0. The molecule has 0 aromatic heterocycles. The number of rotatable bonds is 2. The molecule has 2 atom stereocenters. The Morgan fingerprint density at radius 3 is 2.69 bits per heavy atom. The van der Waals surface area contributed by atoms with Crippen LogP contribution >= 0.6 is 0 Å². The van der Waals surface area contributed by atoms with Crippen LogP contribution in [0.4, 0.5) is 0 Å². The standard InChI is InChI=1S/C13H17NO2/c1-10-8-14(13(15)11(2)16-10)9-12-6-4-3-5-7-12/h3-7,10-11H,8-9H2,1-2H3/t10-,11+/m0/s1. The van der Waals surface area contributed by atoms with E-state index in [9.17, 15) is 4.79 Å². The van der Waals surface area contributed by atoms with Crippen LogP contribution in [-0.2, 0) is 16.1 Å². The molecule has 1 aromatic rings. The van der Waals surface area contributed by atoms with Crippen LogP contribution in [0.2, 0.25) is 0 Å². The molecule has 0 spiro atoms. The molecule has 3 heteroatoms. The van der Waals surface area contributed by atoms with Crippen LogP contribution in [0.25, 0.3) is 0 Å². The molecule has 86 valence electrons. The highest BCUT2D eigenvalue weighted by atomic mass is 16.5. The van der Waals surface area contributed by atoms with Crippen molar-refractivity contribution in [2.45, 2.75) is 32.6 Å². The maximum absolute atomic E-state index is 11.9. The van der Waals surface area contributed by atoms with E-state index in [1.807, 2.05) is 49.1 Å². The summed E-state index contributed by atoms with van der Waals surface area (Å²) >= 11 is 0. The lowest BCUT2D eigenvalue weighted by Crippen LogP contribution is -2.49. The van der Waals surface area contributed by atoms with E-state index in [4.69, 9.17) is 4.74 Å². The maximum atomic E-state index is 11.9. The van der Waals surface area contributed by atoms with Crippen molar-refractivity contribution in [1.29, 1.82) is 0 Å². The van der Waals surface area contributed by atoms with E-state index in [0.717, 1.165) is 5.56 Å². The Hall–Kier alpha value is -1.35. The molecule has 0 radical (unpaired) electrons. The fourth-order valence-electron chi connectivity index (χ4n) is 2.05. The summed E-state index contributed by atoms with van der Waals surface area (Å²) in [6.07, 6.45) is -0.191. The second-order valence-electron chi connectivity index (χ2n) is 4.29. The van der Waals surface area contributed by atoms with E-state index in [1.54, 1.807) is 0 Å². The molecule has 0 saturated carbocycles. The number of morpholine rings is 1. The number of nitrogens with zero attached hydrogens (tertiary/aromatic N) is 1. The number of hydrogen-bond acceptors (Lipinski definition) is 2. The molecule has 1 heterocycles. The molecule has 1 aliphatic heterocycles. The molecule has 0 N–H and O–H groups in total. The van der Waals surface area contributed by atoms with Gasteiger partial charge in [0.15, 0.2) is 0 Å². The predicted molar refractivity (Wildman–Crippen MR) is 61.9 cm³/mol. The number of carbonyl (C=O) groups excluding carboxylic acids is 1. The zero-order valence-electron chi connectivity index (χ0n) is 9.72. The van der Waals surface area contributed by atoms with Crippen molar-refractivity contribution in [2.75, 3.05) is 6.54 Å². The summed E-state index contributed by atoms with van der Waals surface area (Å²) in [5.74, 6) is 0.0851. The topological polar surface area (TPSA) is 29.5 Å². The van der Waals surface area contributed by atoms with E-state index < -0.39 is 0 Å². The third kappa shape index (κ3) is 2.42. The first-order valence-electron chi connectivity index (χ1n) is 5.65. The quantitative estimate of drug-likeness (QED) is 0.759. The zero-order valence-corrected chi connectivity index (χ0v) is 9.72. The summed E-state index contributed by atoms with van der Waals surface area (Å²) in [6.45, 7) is 5.17. The van der Waals surface area contributed by atoms with E-state index in [1.165, 1.54) is 0 Å². The van der Waals surface area contributed by atoms with Gasteiger partial charge >= 0.3 is 0 Å². The van der Waals surface area contributed by atoms with Gasteiger partial charge in [0, 0.05) is 13.1 Å². The van der Waals surface area contributed by atoms with Crippen LogP contribution in [0, 0.1) is 0 Å². The number of hydrogen-bond donors (Lipinski definition) is 0. The first-order chi connectivity index (χ1) is 7.66. The minimum Gasteiger partial charge on any atom is -0.364 e. The van der Waals surface area contributed by atoms with Crippen molar-refractivity contribution < 1.29 is 9.53 Å². The molecule has 1 aliphatic rings. The highest BCUT2D eigenvalue weighted by molar-refractivity contribution is 5.81. The van der Waals surface area contributed by atoms with Gasteiger partial charge in [0.1, 0.15) is 6.10 Å². The predicted octanol–water partition coefficient (Wildman–Crippen LogP) is 1.82. The molecular formula is C13H17NO2. The lowest BCUT2D eigenvalue weighted by atomic mass is 10.1. The minimum atomic E-state index is -0.313.